The van der Waals surface area contributed by atoms with Gasteiger partial charge in [-0.1, -0.05) is 0 Å². The first-order valence-corrected chi connectivity index (χ1v) is 5.33. The number of carbonyl (C=O) groups is 2. The van der Waals surface area contributed by atoms with Crippen LogP contribution in [0.3, 0.4) is 0 Å². The van der Waals surface area contributed by atoms with Crippen LogP contribution in [-0.4, -0.2) is 21.0 Å². The number of hydrogen-bond acceptors (Lipinski definition) is 3. The van der Waals surface area contributed by atoms with Crippen molar-refractivity contribution >= 4 is 32.5 Å². The molecule has 0 aliphatic heterocycles. The highest BCUT2D eigenvalue weighted by molar-refractivity contribution is 14.1. The van der Waals surface area contributed by atoms with Crippen LogP contribution < -0.4 is 5.32 Å². The SMILES string of the molecule is CC(C)(C)OC(=O)NC(C)(C)C(=O)I. The van der Waals surface area contributed by atoms with Gasteiger partial charge in [0.05, 0.1) is 0 Å². The maximum atomic E-state index is 11.3. The van der Waals surface area contributed by atoms with Gasteiger partial charge in [-0.3, -0.25) is 4.79 Å². The molecule has 5 heteroatoms. The van der Waals surface area contributed by atoms with Crippen molar-refractivity contribution in [3.05, 3.63) is 0 Å². The molecule has 0 aromatic rings. The first-order chi connectivity index (χ1) is 6.04. The molecule has 0 bridgehead atoms. The highest BCUT2D eigenvalue weighted by Crippen LogP contribution is 2.12. The second kappa shape index (κ2) is 4.46. The minimum absolute atomic E-state index is 0.138. The third-order valence-electron chi connectivity index (χ3n) is 1.30. The van der Waals surface area contributed by atoms with E-state index in [1.807, 2.05) is 0 Å². The Bertz CT molecular complexity index is 243. The fraction of sp³-hybridized carbons (Fsp3) is 0.778. The summed E-state index contributed by atoms with van der Waals surface area (Å²) >= 11 is 1.65. The predicted molar refractivity (Wildman–Crippen MR) is 62.5 cm³/mol. The molecule has 14 heavy (non-hydrogen) atoms. The van der Waals surface area contributed by atoms with Crippen LogP contribution in [0.2, 0.25) is 0 Å². The molecule has 0 aromatic heterocycles. The number of alkyl carbamates (subject to hydrolysis) is 1. The summed E-state index contributed by atoms with van der Waals surface area (Å²) in [6.07, 6.45) is -0.576. The topological polar surface area (TPSA) is 55.4 Å². The highest BCUT2D eigenvalue weighted by Gasteiger charge is 2.29. The average molecular weight is 313 g/mol. The molecule has 1 amide bonds. The van der Waals surface area contributed by atoms with Crippen molar-refractivity contribution in [2.24, 2.45) is 0 Å². The molecule has 0 spiro atoms. The van der Waals surface area contributed by atoms with Gasteiger partial charge in [-0.05, 0) is 34.6 Å². The van der Waals surface area contributed by atoms with E-state index in [9.17, 15) is 9.59 Å². The summed E-state index contributed by atoms with van der Waals surface area (Å²) in [5.74, 6) is 0. The van der Waals surface area contributed by atoms with Gasteiger partial charge in [0.15, 0.2) is 0 Å². The van der Waals surface area contributed by atoms with Crippen LogP contribution in [0.25, 0.3) is 0 Å². The van der Waals surface area contributed by atoms with E-state index in [0.717, 1.165) is 0 Å². The molecular weight excluding hydrogens is 297 g/mol. The van der Waals surface area contributed by atoms with E-state index in [2.05, 4.69) is 5.32 Å². The molecule has 0 saturated heterocycles. The standard InChI is InChI=1S/C9H16INO3/c1-8(2,3)14-7(13)11-9(4,5)6(10)12/h1-5H3,(H,11,13). The molecule has 0 aliphatic carbocycles. The van der Waals surface area contributed by atoms with Crippen LogP contribution in [0.1, 0.15) is 34.6 Å². The van der Waals surface area contributed by atoms with Crippen molar-refractivity contribution in [2.45, 2.75) is 45.8 Å². The molecule has 0 radical (unpaired) electrons. The summed E-state index contributed by atoms with van der Waals surface area (Å²) in [5, 5.41) is 2.49. The lowest BCUT2D eigenvalue weighted by Crippen LogP contribution is -2.49. The first-order valence-electron chi connectivity index (χ1n) is 4.26. The molecule has 0 heterocycles. The summed E-state index contributed by atoms with van der Waals surface area (Å²) in [6, 6.07) is 0. The third-order valence-corrected chi connectivity index (χ3v) is 2.65. The lowest BCUT2D eigenvalue weighted by molar-refractivity contribution is -0.114. The number of ether oxygens (including phenoxy) is 1. The Labute approximate surface area is 97.9 Å². The molecule has 82 valence electrons. The Morgan fingerprint density at radius 3 is 1.86 bits per heavy atom. The molecule has 0 aliphatic rings. The Hall–Kier alpha value is -0.330. The van der Waals surface area contributed by atoms with E-state index in [-0.39, 0.29) is 3.79 Å². The average Bonchev–Trinajstić information content (AvgIpc) is 1.79. The van der Waals surface area contributed by atoms with Crippen molar-refractivity contribution in [3.63, 3.8) is 0 Å². The van der Waals surface area contributed by atoms with Crippen molar-refractivity contribution in [3.8, 4) is 0 Å². The molecule has 1 N–H and O–H groups in total. The van der Waals surface area contributed by atoms with Crippen molar-refractivity contribution in [2.75, 3.05) is 0 Å². The van der Waals surface area contributed by atoms with E-state index >= 15 is 0 Å². The minimum atomic E-state index is -0.886. The van der Waals surface area contributed by atoms with Gasteiger partial charge in [-0.15, -0.1) is 0 Å². The number of rotatable bonds is 2. The molecule has 0 rings (SSSR count). The van der Waals surface area contributed by atoms with Gasteiger partial charge < -0.3 is 10.1 Å². The van der Waals surface area contributed by atoms with Gasteiger partial charge in [0.25, 0.3) is 0 Å². The summed E-state index contributed by atoms with van der Waals surface area (Å²) in [6.45, 7) is 8.57. The van der Waals surface area contributed by atoms with E-state index in [1.54, 1.807) is 57.2 Å². The lowest BCUT2D eigenvalue weighted by atomic mass is 10.1. The Balaban J connectivity index is 4.27. The van der Waals surface area contributed by atoms with Crippen molar-refractivity contribution < 1.29 is 14.3 Å². The normalized spacial score (nSPS) is 12.1. The summed E-state index contributed by atoms with van der Waals surface area (Å²) in [7, 11) is 0. The number of carbonyl (C=O) groups excluding carboxylic acids is 2. The molecule has 0 atom stereocenters. The van der Waals surface area contributed by atoms with Gasteiger partial charge in [0.1, 0.15) is 11.1 Å². The number of nitrogens with one attached hydrogen (secondary N) is 1. The second-order valence-electron chi connectivity index (χ2n) is 4.53. The van der Waals surface area contributed by atoms with Crippen LogP contribution >= 0.6 is 22.6 Å². The Morgan fingerprint density at radius 2 is 1.57 bits per heavy atom. The zero-order chi connectivity index (χ0) is 11.6. The van der Waals surface area contributed by atoms with E-state index in [4.69, 9.17) is 4.74 Å². The third kappa shape index (κ3) is 5.41. The van der Waals surface area contributed by atoms with Gasteiger partial charge in [-0.25, -0.2) is 4.79 Å². The van der Waals surface area contributed by atoms with Crippen LogP contribution in [0, 0.1) is 0 Å². The smallest absolute Gasteiger partial charge is 0.408 e. The van der Waals surface area contributed by atoms with Gasteiger partial charge in [0.2, 0.25) is 3.79 Å². The molecule has 0 aromatic carbocycles. The summed E-state index contributed by atoms with van der Waals surface area (Å²) in [5.41, 5.74) is -1.43. The molecular formula is C9H16INO3. The molecule has 0 unspecified atom stereocenters. The zero-order valence-corrected chi connectivity index (χ0v) is 11.3. The fourth-order valence-corrected chi connectivity index (χ4v) is 0.743. The lowest BCUT2D eigenvalue weighted by Gasteiger charge is -2.25. The highest BCUT2D eigenvalue weighted by atomic mass is 127. The Morgan fingerprint density at radius 1 is 1.14 bits per heavy atom. The van der Waals surface area contributed by atoms with E-state index in [1.165, 1.54) is 0 Å². The maximum Gasteiger partial charge on any atom is 0.408 e. The molecule has 0 saturated carbocycles. The quantitative estimate of drug-likeness (QED) is 0.628. The monoisotopic (exact) mass is 313 g/mol. The zero-order valence-electron chi connectivity index (χ0n) is 9.10. The number of halogens is 1. The second-order valence-corrected chi connectivity index (χ2v) is 5.51. The van der Waals surface area contributed by atoms with Gasteiger partial charge >= 0.3 is 6.09 Å². The summed E-state index contributed by atoms with van der Waals surface area (Å²) in [4.78, 5) is 22.4. The van der Waals surface area contributed by atoms with Crippen LogP contribution in [-0.2, 0) is 9.53 Å². The number of hydrogen-bond donors (Lipinski definition) is 1. The van der Waals surface area contributed by atoms with Crippen molar-refractivity contribution in [1.82, 2.24) is 5.32 Å². The fourth-order valence-electron chi connectivity index (χ4n) is 0.608. The molecule has 4 nitrogen and oxygen atoms in total. The maximum absolute atomic E-state index is 11.3. The summed E-state index contributed by atoms with van der Waals surface area (Å²) < 4.78 is 4.88. The number of amides is 1. The Kier molecular flexibility index (Phi) is 4.35. The largest absolute Gasteiger partial charge is 0.444 e. The van der Waals surface area contributed by atoms with Crippen LogP contribution in [0.5, 0.6) is 0 Å². The van der Waals surface area contributed by atoms with Crippen LogP contribution in [0.15, 0.2) is 0 Å². The molecule has 0 fully saturated rings. The first kappa shape index (κ1) is 13.7. The van der Waals surface area contributed by atoms with E-state index < -0.39 is 17.2 Å². The predicted octanol–water partition coefficient (Wildman–Crippen LogP) is 2.25. The van der Waals surface area contributed by atoms with Gasteiger partial charge in [0, 0.05) is 22.6 Å². The minimum Gasteiger partial charge on any atom is -0.444 e. The van der Waals surface area contributed by atoms with Gasteiger partial charge in [-0.2, -0.15) is 0 Å². The van der Waals surface area contributed by atoms with Crippen LogP contribution in [0.4, 0.5) is 4.79 Å². The van der Waals surface area contributed by atoms with Crippen molar-refractivity contribution in [1.29, 1.82) is 0 Å². The van der Waals surface area contributed by atoms with E-state index in [0.29, 0.717) is 0 Å².